The van der Waals surface area contributed by atoms with Gasteiger partial charge in [0.05, 0.1) is 6.61 Å². The van der Waals surface area contributed by atoms with Gasteiger partial charge >= 0.3 is 0 Å². The van der Waals surface area contributed by atoms with Crippen LogP contribution in [-0.2, 0) is 11.8 Å². The van der Waals surface area contributed by atoms with Gasteiger partial charge in [0.25, 0.3) is 0 Å². The molecule has 88 valence electrons. The highest BCUT2D eigenvalue weighted by Gasteiger charge is 2.44. The topological polar surface area (TPSA) is 46.2 Å². The summed E-state index contributed by atoms with van der Waals surface area (Å²) in [5.74, 6) is 0. The van der Waals surface area contributed by atoms with Crippen LogP contribution in [0.25, 0.3) is 0 Å². The number of unbranched alkanes of at least 4 members (excludes halogenated alkanes) is 1. The van der Waals surface area contributed by atoms with E-state index < -0.39 is 0 Å². The molecular weight excluding hydrogens is 198 g/mol. The minimum absolute atomic E-state index is 0.0965. The molecule has 1 fully saturated rings. The molecule has 0 aromatic heterocycles. The van der Waals surface area contributed by atoms with Gasteiger partial charge in [0, 0.05) is 5.41 Å². The minimum atomic E-state index is 0.0965. The quantitative estimate of drug-likeness (QED) is 0.719. The van der Waals surface area contributed by atoms with Crippen LogP contribution in [-0.4, -0.2) is 18.3 Å². The lowest BCUT2D eigenvalue weighted by Crippen LogP contribution is -2.14. The molecule has 0 radical (unpaired) electrons. The van der Waals surface area contributed by atoms with Crippen molar-refractivity contribution in [2.24, 2.45) is 5.73 Å². The molecule has 1 aliphatic carbocycles. The number of aliphatic hydroxyl groups is 1. The lowest BCUT2D eigenvalue weighted by atomic mass is 9.90. The molecule has 0 heterocycles. The maximum absolute atomic E-state index is 9.49. The van der Waals surface area contributed by atoms with Crippen molar-refractivity contribution in [3.05, 3.63) is 35.4 Å². The van der Waals surface area contributed by atoms with E-state index in [1.165, 1.54) is 11.1 Å². The van der Waals surface area contributed by atoms with Crippen molar-refractivity contribution in [2.75, 3.05) is 13.2 Å². The maximum Gasteiger partial charge on any atom is 0.0528 e. The predicted octanol–water partition coefficient (Wildman–Crippen LogP) is 1.99. The molecule has 3 N–H and O–H groups in total. The van der Waals surface area contributed by atoms with Gasteiger partial charge in [-0.3, -0.25) is 0 Å². The van der Waals surface area contributed by atoms with E-state index in [1.54, 1.807) is 0 Å². The molecule has 0 aliphatic heterocycles. The molecule has 0 atom stereocenters. The number of rotatable bonds is 6. The second kappa shape index (κ2) is 4.98. The molecule has 0 amide bonds. The Morgan fingerprint density at radius 2 is 1.94 bits per heavy atom. The van der Waals surface area contributed by atoms with Gasteiger partial charge in [0.2, 0.25) is 0 Å². The van der Waals surface area contributed by atoms with Crippen molar-refractivity contribution in [3.8, 4) is 0 Å². The Morgan fingerprint density at radius 3 is 2.56 bits per heavy atom. The predicted molar refractivity (Wildman–Crippen MR) is 66.4 cm³/mol. The van der Waals surface area contributed by atoms with Gasteiger partial charge in [-0.2, -0.15) is 0 Å². The number of hydrogen-bond donors (Lipinski definition) is 2. The molecule has 2 rings (SSSR count). The number of nitrogens with two attached hydrogens (primary N) is 1. The molecular formula is C14H21NO. The van der Waals surface area contributed by atoms with Gasteiger partial charge in [-0.05, 0) is 49.8 Å². The standard InChI is InChI=1S/C14H21NO/c15-10-4-3-6-12-5-1-2-7-13(12)14(11-16)8-9-14/h1-2,5,7,16H,3-4,6,8-11,15H2. The van der Waals surface area contributed by atoms with Crippen LogP contribution < -0.4 is 5.73 Å². The zero-order valence-electron chi connectivity index (χ0n) is 9.78. The Morgan fingerprint density at radius 1 is 1.19 bits per heavy atom. The van der Waals surface area contributed by atoms with E-state index in [9.17, 15) is 5.11 Å². The minimum Gasteiger partial charge on any atom is -0.395 e. The molecule has 0 unspecified atom stereocenters. The summed E-state index contributed by atoms with van der Waals surface area (Å²) < 4.78 is 0. The Kier molecular flexibility index (Phi) is 3.62. The van der Waals surface area contributed by atoms with Crippen molar-refractivity contribution < 1.29 is 5.11 Å². The molecule has 16 heavy (non-hydrogen) atoms. The summed E-state index contributed by atoms with van der Waals surface area (Å²) in [5, 5.41) is 9.49. The molecule has 1 aromatic carbocycles. The third kappa shape index (κ3) is 2.28. The summed E-state index contributed by atoms with van der Waals surface area (Å²) in [5.41, 5.74) is 8.39. The van der Waals surface area contributed by atoms with E-state index in [0.29, 0.717) is 6.61 Å². The molecule has 2 heteroatoms. The molecule has 1 aromatic rings. The monoisotopic (exact) mass is 219 g/mol. The summed E-state index contributed by atoms with van der Waals surface area (Å²) >= 11 is 0. The number of hydrogen-bond acceptors (Lipinski definition) is 2. The summed E-state index contributed by atoms with van der Waals surface area (Å²) in [6.07, 6.45) is 5.60. The fourth-order valence-corrected chi connectivity index (χ4v) is 2.38. The summed E-state index contributed by atoms with van der Waals surface area (Å²) in [6, 6.07) is 8.55. The first kappa shape index (κ1) is 11.6. The van der Waals surface area contributed by atoms with Gasteiger partial charge in [0.15, 0.2) is 0 Å². The third-order valence-corrected chi connectivity index (χ3v) is 3.65. The van der Waals surface area contributed by atoms with Crippen molar-refractivity contribution in [1.29, 1.82) is 0 Å². The van der Waals surface area contributed by atoms with Gasteiger partial charge in [-0.25, -0.2) is 0 Å². The first-order valence-electron chi connectivity index (χ1n) is 6.22. The van der Waals surface area contributed by atoms with E-state index in [-0.39, 0.29) is 5.41 Å². The first-order valence-corrected chi connectivity index (χ1v) is 6.22. The highest BCUT2D eigenvalue weighted by molar-refractivity contribution is 5.38. The van der Waals surface area contributed by atoms with Gasteiger partial charge in [0.1, 0.15) is 0 Å². The lowest BCUT2D eigenvalue weighted by molar-refractivity contribution is 0.254. The van der Waals surface area contributed by atoms with Crippen LogP contribution in [0.4, 0.5) is 0 Å². The average molecular weight is 219 g/mol. The largest absolute Gasteiger partial charge is 0.395 e. The Labute approximate surface area is 97.5 Å². The fraction of sp³-hybridized carbons (Fsp3) is 0.571. The average Bonchev–Trinajstić information content (AvgIpc) is 3.11. The maximum atomic E-state index is 9.49. The van der Waals surface area contributed by atoms with Crippen LogP contribution in [0, 0.1) is 0 Å². The molecule has 0 saturated heterocycles. The molecule has 0 bridgehead atoms. The van der Waals surface area contributed by atoms with Crippen LogP contribution >= 0.6 is 0 Å². The van der Waals surface area contributed by atoms with Crippen molar-refractivity contribution in [2.45, 2.75) is 37.5 Å². The zero-order chi connectivity index (χ0) is 11.4. The summed E-state index contributed by atoms with van der Waals surface area (Å²) in [7, 11) is 0. The second-order valence-corrected chi connectivity index (χ2v) is 4.84. The smallest absolute Gasteiger partial charge is 0.0528 e. The Hall–Kier alpha value is -0.860. The van der Waals surface area contributed by atoms with E-state index in [1.807, 2.05) is 0 Å². The fourth-order valence-electron chi connectivity index (χ4n) is 2.38. The molecule has 1 saturated carbocycles. The number of aryl methyl sites for hydroxylation is 1. The summed E-state index contributed by atoms with van der Waals surface area (Å²) in [4.78, 5) is 0. The van der Waals surface area contributed by atoms with Crippen molar-refractivity contribution in [1.82, 2.24) is 0 Å². The van der Waals surface area contributed by atoms with E-state index in [4.69, 9.17) is 5.73 Å². The van der Waals surface area contributed by atoms with Gasteiger partial charge in [-0.1, -0.05) is 24.3 Å². The van der Waals surface area contributed by atoms with Crippen LogP contribution in [0.2, 0.25) is 0 Å². The first-order chi connectivity index (χ1) is 7.82. The second-order valence-electron chi connectivity index (χ2n) is 4.84. The SMILES string of the molecule is NCCCCc1ccccc1C1(CO)CC1. The van der Waals surface area contributed by atoms with E-state index >= 15 is 0 Å². The Bertz CT molecular complexity index is 344. The van der Waals surface area contributed by atoms with Crippen molar-refractivity contribution >= 4 is 0 Å². The molecule has 1 aliphatic rings. The number of benzene rings is 1. The van der Waals surface area contributed by atoms with Gasteiger partial charge in [-0.15, -0.1) is 0 Å². The van der Waals surface area contributed by atoms with Crippen LogP contribution in [0.3, 0.4) is 0 Å². The summed E-state index contributed by atoms with van der Waals surface area (Å²) in [6.45, 7) is 1.06. The number of aliphatic hydroxyl groups excluding tert-OH is 1. The van der Waals surface area contributed by atoms with Crippen LogP contribution in [0.5, 0.6) is 0 Å². The van der Waals surface area contributed by atoms with E-state index in [2.05, 4.69) is 24.3 Å². The highest BCUT2D eigenvalue weighted by Crippen LogP contribution is 2.48. The lowest BCUT2D eigenvalue weighted by Gasteiger charge is -2.17. The molecule has 2 nitrogen and oxygen atoms in total. The van der Waals surface area contributed by atoms with E-state index in [0.717, 1.165) is 38.6 Å². The normalized spacial score (nSPS) is 17.4. The molecule has 0 spiro atoms. The Balaban J connectivity index is 2.11. The third-order valence-electron chi connectivity index (χ3n) is 3.65. The highest BCUT2D eigenvalue weighted by atomic mass is 16.3. The zero-order valence-corrected chi connectivity index (χ0v) is 9.78. The van der Waals surface area contributed by atoms with Gasteiger partial charge < -0.3 is 10.8 Å². The van der Waals surface area contributed by atoms with Crippen molar-refractivity contribution in [3.63, 3.8) is 0 Å². The van der Waals surface area contributed by atoms with Crippen LogP contribution in [0.1, 0.15) is 36.8 Å². The van der Waals surface area contributed by atoms with Crippen LogP contribution in [0.15, 0.2) is 24.3 Å².